The lowest BCUT2D eigenvalue weighted by Gasteiger charge is -2.14. The SMILES string of the molecule is CCCNCCCN(C)CCO. The molecule has 74 valence electrons. The summed E-state index contributed by atoms with van der Waals surface area (Å²) in [5.41, 5.74) is 0. The van der Waals surface area contributed by atoms with Gasteiger partial charge < -0.3 is 15.3 Å². The number of aliphatic hydroxyl groups is 1. The average molecular weight is 174 g/mol. The fourth-order valence-corrected chi connectivity index (χ4v) is 1.06. The van der Waals surface area contributed by atoms with Crippen molar-refractivity contribution in [2.75, 3.05) is 39.8 Å². The zero-order valence-corrected chi connectivity index (χ0v) is 8.34. The first-order valence-corrected chi connectivity index (χ1v) is 4.81. The van der Waals surface area contributed by atoms with Gasteiger partial charge in [-0.1, -0.05) is 6.92 Å². The van der Waals surface area contributed by atoms with Crippen LogP contribution in [0.5, 0.6) is 0 Å². The molecule has 0 saturated carbocycles. The van der Waals surface area contributed by atoms with Crippen molar-refractivity contribution in [3.63, 3.8) is 0 Å². The first-order chi connectivity index (χ1) is 5.81. The average Bonchev–Trinajstić information content (AvgIpc) is 2.05. The van der Waals surface area contributed by atoms with Gasteiger partial charge in [-0.15, -0.1) is 0 Å². The van der Waals surface area contributed by atoms with Crippen LogP contribution in [0.2, 0.25) is 0 Å². The molecule has 0 spiro atoms. The van der Waals surface area contributed by atoms with E-state index in [0.717, 1.165) is 32.6 Å². The van der Waals surface area contributed by atoms with Crippen LogP contribution in [0.4, 0.5) is 0 Å². The van der Waals surface area contributed by atoms with Crippen LogP contribution in [0.1, 0.15) is 19.8 Å². The number of likely N-dealkylation sites (N-methyl/N-ethyl adjacent to an activating group) is 1. The van der Waals surface area contributed by atoms with Gasteiger partial charge in [0, 0.05) is 6.54 Å². The fourth-order valence-electron chi connectivity index (χ4n) is 1.06. The van der Waals surface area contributed by atoms with E-state index >= 15 is 0 Å². The van der Waals surface area contributed by atoms with Crippen LogP contribution in [0.3, 0.4) is 0 Å². The standard InChI is InChI=1S/C9H22N2O/c1-3-5-10-6-4-7-11(2)8-9-12/h10,12H,3-9H2,1-2H3. The lowest BCUT2D eigenvalue weighted by atomic mass is 10.3. The minimum absolute atomic E-state index is 0.263. The Morgan fingerprint density at radius 1 is 1.25 bits per heavy atom. The summed E-state index contributed by atoms with van der Waals surface area (Å²) >= 11 is 0. The summed E-state index contributed by atoms with van der Waals surface area (Å²) in [4.78, 5) is 2.15. The van der Waals surface area contributed by atoms with Crippen LogP contribution in [0.25, 0.3) is 0 Å². The van der Waals surface area contributed by atoms with E-state index < -0.39 is 0 Å². The van der Waals surface area contributed by atoms with Crippen molar-refractivity contribution in [1.29, 1.82) is 0 Å². The normalized spacial score (nSPS) is 11.0. The monoisotopic (exact) mass is 174 g/mol. The third kappa shape index (κ3) is 7.98. The van der Waals surface area contributed by atoms with Gasteiger partial charge in [-0.3, -0.25) is 0 Å². The second-order valence-electron chi connectivity index (χ2n) is 3.13. The van der Waals surface area contributed by atoms with Crippen LogP contribution < -0.4 is 5.32 Å². The number of nitrogens with one attached hydrogen (secondary N) is 1. The molecular weight excluding hydrogens is 152 g/mol. The van der Waals surface area contributed by atoms with Gasteiger partial charge in [-0.05, 0) is 39.5 Å². The second-order valence-corrected chi connectivity index (χ2v) is 3.13. The third-order valence-corrected chi connectivity index (χ3v) is 1.80. The van der Waals surface area contributed by atoms with Crippen LogP contribution in [-0.4, -0.2) is 49.8 Å². The Morgan fingerprint density at radius 2 is 2.00 bits per heavy atom. The lowest BCUT2D eigenvalue weighted by Crippen LogP contribution is -2.26. The van der Waals surface area contributed by atoms with Gasteiger partial charge in [0.15, 0.2) is 0 Å². The van der Waals surface area contributed by atoms with Crippen molar-refractivity contribution < 1.29 is 5.11 Å². The molecule has 0 aliphatic heterocycles. The summed E-state index contributed by atoms with van der Waals surface area (Å²) in [6.45, 7) is 6.49. The Morgan fingerprint density at radius 3 is 2.58 bits per heavy atom. The van der Waals surface area contributed by atoms with Crippen molar-refractivity contribution in [2.45, 2.75) is 19.8 Å². The molecule has 0 amide bonds. The maximum absolute atomic E-state index is 8.62. The largest absolute Gasteiger partial charge is 0.395 e. The second kappa shape index (κ2) is 8.97. The highest BCUT2D eigenvalue weighted by atomic mass is 16.3. The lowest BCUT2D eigenvalue weighted by molar-refractivity contribution is 0.220. The molecule has 0 heterocycles. The Bertz CT molecular complexity index is 88.6. The molecule has 0 aromatic heterocycles. The smallest absolute Gasteiger partial charge is 0.0558 e. The van der Waals surface area contributed by atoms with Gasteiger partial charge in [0.1, 0.15) is 0 Å². The number of rotatable bonds is 8. The Hall–Kier alpha value is -0.120. The summed E-state index contributed by atoms with van der Waals surface area (Å²) in [6, 6.07) is 0. The van der Waals surface area contributed by atoms with Crippen molar-refractivity contribution in [2.24, 2.45) is 0 Å². The fraction of sp³-hybridized carbons (Fsp3) is 1.00. The zero-order chi connectivity index (χ0) is 9.23. The first kappa shape index (κ1) is 11.9. The Kier molecular flexibility index (Phi) is 8.88. The van der Waals surface area contributed by atoms with E-state index in [2.05, 4.69) is 17.1 Å². The summed E-state index contributed by atoms with van der Waals surface area (Å²) in [7, 11) is 2.04. The van der Waals surface area contributed by atoms with Crippen molar-refractivity contribution >= 4 is 0 Å². The van der Waals surface area contributed by atoms with E-state index in [1.54, 1.807) is 0 Å². The van der Waals surface area contributed by atoms with Gasteiger partial charge in [0.2, 0.25) is 0 Å². The summed E-state index contributed by atoms with van der Waals surface area (Å²) < 4.78 is 0. The molecule has 3 heteroatoms. The molecule has 0 fully saturated rings. The summed E-state index contributed by atoms with van der Waals surface area (Å²) in [6.07, 6.45) is 2.36. The molecule has 0 aromatic carbocycles. The Balaban J connectivity index is 2.97. The number of nitrogens with zero attached hydrogens (tertiary/aromatic N) is 1. The summed E-state index contributed by atoms with van der Waals surface area (Å²) in [5.74, 6) is 0. The third-order valence-electron chi connectivity index (χ3n) is 1.80. The predicted molar refractivity (Wildman–Crippen MR) is 52.4 cm³/mol. The maximum Gasteiger partial charge on any atom is 0.0558 e. The molecule has 0 aliphatic carbocycles. The number of aliphatic hydroxyl groups excluding tert-OH is 1. The first-order valence-electron chi connectivity index (χ1n) is 4.81. The molecule has 0 rings (SSSR count). The van der Waals surface area contributed by atoms with Crippen LogP contribution in [-0.2, 0) is 0 Å². The summed E-state index contributed by atoms with van der Waals surface area (Å²) in [5, 5.41) is 12.0. The molecule has 0 unspecified atom stereocenters. The predicted octanol–water partition coefficient (Wildman–Crippen LogP) is 0.300. The minimum Gasteiger partial charge on any atom is -0.395 e. The topological polar surface area (TPSA) is 35.5 Å². The molecular formula is C9H22N2O. The van der Waals surface area contributed by atoms with Gasteiger partial charge in [-0.25, -0.2) is 0 Å². The molecule has 0 aliphatic rings. The highest BCUT2D eigenvalue weighted by molar-refractivity contribution is 4.52. The molecule has 0 radical (unpaired) electrons. The van der Waals surface area contributed by atoms with Crippen molar-refractivity contribution in [1.82, 2.24) is 10.2 Å². The number of hydrogen-bond donors (Lipinski definition) is 2. The van der Waals surface area contributed by atoms with Crippen molar-refractivity contribution in [3.05, 3.63) is 0 Å². The van der Waals surface area contributed by atoms with E-state index in [-0.39, 0.29) is 6.61 Å². The van der Waals surface area contributed by atoms with Gasteiger partial charge in [0.25, 0.3) is 0 Å². The van der Waals surface area contributed by atoms with Gasteiger partial charge >= 0.3 is 0 Å². The van der Waals surface area contributed by atoms with E-state index in [9.17, 15) is 0 Å². The van der Waals surface area contributed by atoms with Crippen molar-refractivity contribution in [3.8, 4) is 0 Å². The molecule has 0 saturated heterocycles. The van der Waals surface area contributed by atoms with Gasteiger partial charge in [0.05, 0.1) is 6.61 Å². The molecule has 0 aromatic rings. The van der Waals surface area contributed by atoms with E-state index in [0.29, 0.717) is 0 Å². The van der Waals surface area contributed by atoms with E-state index in [1.165, 1.54) is 6.42 Å². The molecule has 2 N–H and O–H groups in total. The maximum atomic E-state index is 8.62. The molecule has 12 heavy (non-hydrogen) atoms. The quantitative estimate of drug-likeness (QED) is 0.520. The van der Waals surface area contributed by atoms with Crippen LogP contribution in [0.15, 0.2) is 0 Å². The highest BCUT2D eigenvalue weighted by Gasteiger charge is 1.95. The Labute approximate surface area is 75.8 Å². The van der Waals surface area contributed by atoms with Gasteiger partial charge in [-0.2, -0.15) is 0 Å². The zero-order valence-electron chi connectivity index (χ0n) is 8.34. The van der Waals surface area contributed by atoms with Crippen LogP contribution in [0, 0.1) is 0 Å². The van der Waals surface area contributed by atoms with E-state index in [1.807, 2.05) is 7.05 Å². The molecule has 3 nitrogen and oxygen atoms in total. The minimum atomic E-state index is 0.263. The van der Waals surface area contributed by atoms with E-state index in [4.69, 9.17) is 5.11 Å². The van der Waals surface area contributed by atoms with Crippen LogP contribution >= 0.6 is 0 Å². The molecule has 0 atom stereocenters. The molecule has 0 bridgehead atoms. The highest BCUT2D eigenvalue weighted by Crippen LogP contribution is 1.85. The number of hydrogen-bond acceptors (Lipinski definition) is 3.